The molecule has 0 aliphatic rings. The lowest BCUT2D eigenvalue weighted by Gasteiger charge is -2.22. The number of primary amides is 1. The minimum atomic E-state index is -0.563. The minimum Gasteiger partial charge on any atom is -0.399 e. The van der Waals surface area contributed by atoms with E-state index in [1.54, 1.807) is 16.9 Å². The van der Waals surface area contributed by atoms with E-state index in [1.807, 2.05) is 25.2 Å². The van der Waals surface area contributed by atoms with E-state index in [4.69, 9.17) is 23.1 Å². The first-order valence-corrected chi connectivity index (χ1v) is 6.33. The molecular weight excluding hydrogens is 278 g/mol. The van der Waals surface area contributed by atoms with Crippen molar-refractivity contribution in [3.05, 3.63) is 40.7 Å². The summed E-state index contributed by atoms with van der Waals surface area (Å²) in [5.74, 6) is -0.563. The number of carbonyl (C=O) groups excluding carboxylic acids is 1. The number of hydrogen-bond acceptors (Lipinski definition) is 4. The Morgan fingerprint density at radius 3 is 2.75 bits per heavy atom. The fourth-order valence-corrected chi connectivity index (χ4v) is 2.47. The number of halogens is 1. The quantitative estimate of drug-likeness (QED) is 0.834. The van der Waals surface area contributed by atoms with Crippen LogP contribution in [0.2, 0.25) is 5.02 Å². The number of anilines is 2. The highest BCUT2D eigenvalue weighted by molar-refractivity contribution is 6.34. The van der Waals surface area contributed by atoms with Gasteiger partial charge in [0, 0.05) is 38.1 Å². The first-order chi connectivity index (χ1) is 9.38. The lowest BCUT2D eigenvalue weighted by Crippen LogP contribution is -2.22. The third kappa shape index (κ3) is 2.85. The zero-order chi connectivity index (χ0) is 14.9. The second kappa shape index (κ2) is 5.42. The summed E-state index contributed by atoms with van der Waals surface area (Å²) in [6, 6.07) is 3.13. The molecule has 1 aromatic carbocycles. The summed E-state index contributed by atoms with van der Waals surface area (Å²) < 4.78 is 1.71. The van der Waals surface area contributed by atoms with E-state index < -0.39 is 5.91 Å². The van der Waals surface area contributed by atoms with Crippen molar-refractivity contribution < 1.29 is 4.79 Å². The molecule has 2 aromatic rings. The maximum absolute atomic E-state index is 11.6. The summed E-state index contributed by atoms with van der Waals surface area (Å²) >= 11 is 6.19. The van der Waals surface area contributed by atoms with E-state index >= 15 is 0 Å². The largest absolute Gasteiger partial charge is 0.399 e. The van der Waals surface area contributed by atoms with E-state index in [9.17, 15) is 4.79 Å². The Bertz CT molecular complexity index is 652. The number of carbonyl (C=O) groups is 1. The molecular formula is C13H16ClN5O. The molecule has 0 radical (unpaired) electrons. The lowest BCUT2D eigenvalue weighted by molar-refractivity contribution is 0.100. The van der Waals surface area contributed by atoms with E-state index in [1.165, 1.54) is 6.07 Å². The minimum absolute atomic E-state index is 0.307. The van der Waals surface area contributed by atoms with Crippen molar-refractivity contribution in [2.45, 2.75) is 6.54 Å². The number of benzene rings is 1. The van der Waals surface area contributed by atoms with Crippen LogP contribution in [0.1, 0.15) is 15.9 Å². The van der Waals surface area contributed by atoms with Gasteiger partial charge in [-0.1, -0.05) is 11.6 Å². The second-order valence-corrected chi connectivity index (χ2v) is 5.05. The predicted molar refractivity (Wildman–Crippen MR) is 79.7 cm³/mol. The highest BCUT2D eigenvalue weighted by Gasteiger charge is 2.17. The second-order valence-electron chi connectivity index (χ2n) is 4.64. The van der Waals surface area contributed by atoms with Crippen LogP contribution in [-0.2, 0) is 13.6 Å². The Morgan fingerprint density at radius 1 is 1.50 bits per heavy atom. The van der Waals surface area contributed by atoms with E-state index in [0.29, 0.717) is 28.5 Å². The van der Waals surface area contributed by atoms with E-state index in [-0.39, 0.29) is 0 Å². The van der Waals surface area contributed by atoms with Crippen molar-refractivity contribution in [1.29, 1.82) is 0 Å². The summed E-state index contributed by atoms with van der Waals surface area (Å²) in [7, 11) is 3.67. The first kappa shape index (κ1) is 14.2. The van der Waals surface area contributed by atoms with Gasteiger partial charge in [0.15, 0.2) is 0 Å². The third-order valence-corrected chi connectivity index (χ3v) is 3.20. The number of aromatic nitrogens is 2. The Kier molecular flexibility index (Phi) is 3.85. The number of nitrogen functional groups attached to an aromatic ring is 1. The van der Waals surface area contributed by atoms with Gasteiger partial charge >= 0.3 is 0 Å². The molecule has 0 unspecified atom stereocenters. The van der Waals surface area contributed by atoms with Gasteiger partial charge in [0.1, 0.15) is 0 Å². The Morgan fingerprint density at radius 2 is 2.20 bits per heavy atom. The van der Waals surface area contributed by atoms with Crippen LogP contribution in [0.3, 0.4) is 0 Å². The van der Waals surface area contributed by atoms with Crippen molar-refractivity contribution in [2.75, 3.05) is 17.7 Å². The first-order valence-electron chi connectivity index (χ1n) is 5.96. The van der Waals surface area contributed by atoms with Crippen LogP contribution >= 0.6 is 11.6 Å². The van der Waals surface area contributed by atoms with Crippen molar-refractivity contribution >= 4 is 28.9 Å². The van der Waals surface area contributed by atoms with Crippen LogP contribution in [-0.4, -0.2) is 22.7 Å². The van der Waals surface area contributed by atoms with Gasteiger partial charge in [0.2, 0.25) is 0 Å². The van der Waals surface area contributed by atoms with Crippen LogP contribution in [0.5, 0.6) is 0 Å². The smallest absolute Gasteiger partial charge is 0.250 e. The van der Waals surface area contributed by atoms with E-state index in [0.717, 1.165) is 5.56 Å². The highest BCUT2D eigenvalue weighted by atomic mass is 35.5. The van der Waals surface area contributed by atoms with Gasteiger partial charge in [-0.05, 0) is 12.1 Å². The average Bonchev–Trinajstić information content (AvgIpc) is 2.73. The molecule has 0 bridgehead atoms. The summed E-state index contributed by atoms with van der Waals surface area (Å²) in [6.07, 6.45) is 3.65. The number of amides is 1. The molecule has 20 heavy (non-hydrogen) atoms. The molecule has 6 nitrogen and oxygen atoms in total. The molecule has 1 aromatic heterocycles. The van der Waals surface area contributed by atoms with Crippen molar-refractivity contribution in [3.8, 4) is 0 Å². The fourth-order valence-electron chi connectivity index (χ4n) is 2.10. The molecule has 0 fully saturated rings. The predicted octanol–water partition coefficient (Wildman–Crippen LogP) is 1.39. The molecule has 7 heteroatoms. The summed E-state index contributed by atoms with van der Waals surface area (Å²) in [5.41, 5.74) is 13.4. The molecule has 0 saturated carbocycles. The number of aryl methyl sites for hydroxylation is 1. The van der Waals surface area contributed by atoms with Gasteiger partial charge in [-0.15, -0.1) is 0 Å². The van der Waals surface area contributed by atoms with Gasteiger partial charge in [-0.3, -0.25) is 9.48 Å². The summed E-state index contributed by atoms with van der Waals surface area (Å²) in [4.78, 5) is 13.4. The summed E-state index contributed by atoms with van der Waals surface area (Å²) in [6.45, 7) is 0.553. The topological polar surface area (TPSA) is 90.2 Å². The SMILES string of the molecule is CN(Cc1cnn(C)c1)c1c(Cl)cc(N)cc1C(N)=O. The van der Waals surface area contributed by atoms with Crippen LogP contribution in [0, 0.1) is 0 Å². The monoisotopic (exact) mass is 293 g/mol. The molecule has 0 spiro atoms. The van der Waals surface area contributed by atoms with Gasteiger partial charge < -0.3 is 16.4 Å². The summed E-state index contributed by atoms with van der Waals surface area (Å²) in [5, 5.41) is 4.50. The lowest BCUT2D eigenvalue weighted by atomic mass is 10.1. The molecule has 0 aliphatic carbocycles. The number of nitrogens with two attached hydrogens (primary N) is 2. The van der Waals surface area contributed by atoms with E-state index in [2.05, 4.69) is 5.10 Å². The van der Waals surface area contributed by atoms with Crippen LogP contribution in [0.15, 0.2) is 24.5 Å². The van der Waals surface area contributed by atoms with Crippen molar-refractivity contribution in [1.82, 2.24) is 9.78 Å². The third-order valence-electron chi connectivity index (χ3n) is 2.91. The standard InChI is InChI=1S/C13H16ClN5O/c1-18(6-8-5-17-19(2)7-8)12-10(13(16)20)3-9(15)4-11(12)14/h3-5,7H,6,15H2,1-2H3,(H2,16,20). The fraction of sp³-hybridized carbons (Fsp3) is 0.231. The molecule has 0 atom stereocenters. The number of hydrogen-bond donors (Lipinski definition) is 2. The number of rotatable bonds is 4. The molecule has 0 saturated heterocycles. The molecule has 1 amide bonds. The highest BCUT2D eigenvalue weighted by Crippen LogP contribution is 2.32. The van der Waals surface area contributed by atoms with Gasteiger partial charge in [0.05, 0.1) is 22.5 Å². The van der Waals surface area contributed by atoms with Gasteiger partial charge in [-0.2, -0.15) is 5.10 Å². The normalized spacial score (nSPS) is 10.6. The molecule has 0 aliphatic heterocycles. The molecule has 106 valence electrons. The average molecular weight is 294 g/mol. The van der Waals surface area contributed by atoms with Crippen molar-refractivity contribution in [2.24, 2.45) is 12.8 Å². The molecule has 1 heterocycles. The van der Waals surface area contributed by atoms with Crippen LogP contribution < -0.4 is 16.4 Å². The van der Waals surface area contributed by atoms with Crippen molar-refractivity contribution in [3.63, 3.8) is 0 Å². The zero-order valence-electron chi connectivity index (χ0n) is 11.3. The Labute approximate surface area is 121 Å². The van der Waals surface area contributed by atoms with Gasteiger partial charge in [0.25, 0.3) is 5.91 Å². The number of nitrogens with zero attached hydrogens (tertiary/aromatic N) is 3. The maximum atomic E-state index is 11.6. The van der Waals surface area contributed by atoms with Crippen LogP contribution in [0.25, 0.3) is 0 Å². The van der Waals surface area contributed by atoms with Gasteiger partial charge in [-0.25, -0.2) is 0 Å². The Hall–Kier alpha value is -2.21. The molecule has 4 N–H and O–H groups in total. The Balaban J connectivity index is 2.38. The molecule has 2 rings (SSSR count). The van der Waals surface area contributed by atoms with Crippen LogP contribution in [0.4, 0.5) is 11.4 Å². The maximum Gasteiger partial charge on any atom is 0.250 e. The zero-order valence-corrected chi connectivity index (χ0v) is 12.1.